The first kappa shape index (κ1) is 14.2. The zero-order valence-corrected chi connectivity index (χ0v) is 10.9. The second-order valence-corrected chi connectivity index (χ2v) is 6.21. The molecular weight excluding hydrogens is 287 g/mol. The van der Waals surface area contributed by atoms with Gasteiger partial charge in [0.2, 0.25) is 5.91 Å². The smallest absolute Gasteiger partial charge is 0.235 e. The van der Waals surface area contributed by atoms with Crippen molar-refractivity contribution in [3.05, 3.63) is 28.2 Å². The maximum atomic E-state index is 11.9. The predicted octanol–water partition coefficient (Wildman–Crippen LogP) is 0.580. The molecule has 0 aliphatic rings. The number of amides is 1. The highest BCUT2D eigenvalue weighted by molar-refractivity contribution is 7.91. The summed E-state index contributed by atoms with van der Waals surface area (Å²) in [7, 11) is -3.80. The Morgan fingerprint density at radius 2 is 1.94 bits per heavy atom. The first-order valence-electron chi connectivity index (χ1n) is 4.47. The number of nitrogens with two attached hydrogens (primary N) is 2. The van der Waals surface area contributed by atoms with E-state index in [2.05, 4.69) is 0 Å². The first-order chi connectivity index (χ1) is 7.74. The van der Waals surface area contributed by atoms with Crippen LogP contribution in [0, 0.1) is 0 Å². The van der Waals surface area contributed by atoms with Crippen LogP contribution in [0.15, 0.2) is 23.1 Å². The van der Waals surface area contributed by atoms with E-state index in [1.54, 1.807) is 0 Å². The molecule has 0 saturated carbocycles. The third-order valence-electron chi connectivity index (χ3n) is 1.99. The van der Waals surface area contributed by atoms with Crippen LogP contribution in [0.4, 0.5) is 0 Å². The molecule has 1 aromatic rings. The monoisotopic (exact) mass is 296 g/mol. The molecule has 0 bridgehead atoms. The lowest BCUT2D eigenvalue weighted by Crippen LogP contribution is -2.41. The Morgan fingerprint density at radius 1 is 1.35 bits per heavy atom. The summed E-state index contributed by atoms with van der Waals surface area (Å²) >= 11 is 11.4. The summed E-state index contributed by atoms with van der Waals surface area (Å²) in [6, 6.07) is 2.73. The Kier molecular flexibility index (Phi) is 4.37. The van der Waals surface area contributed by atoms with Crippen molar-refractivity contribution >= 4 is 38.9 Å². The quantitative estimate of drug-likeness (QED) is 0.848. The van der Waals surface area contributed by atoms with E-state index in [1.165, 1.54) is 18.2 Å². The predicted molar refractivity (Wildman–Crippen MR) is 65.7 cm³/mol. The van der Waals surface area contributed by atoms with Crippen LogP contribution < -0.4 is 11.5 Å². The van der Waals surface area contributed by atoms with Crippen molar-refractivity contribution in [1.29, 1.82) is 0 Å². The molecule has 5 nitrogen and oxygen atoms in total. The molecule has 0 radical (unpaired) electrons. The van der Waals surface area contributed by atoms with E-state index < -0.39 is 27.5 Å². The number of sulfone groups is 1. The van der Waals surface area contributed by atoms with E-state index in [0.29, 0.717) is 0 Å². The fourth-order valence-corrected chi connectivity index (χ4v) is 3.32. The Bertz CT molecular complexity index is 545. The highest BCUT2D eigenvalue weighted by atomic mass is 35.5. The van der Waals surface area contributed by atoms with Crippen molar-refractivity contribution < 1.29 is 13.2 Å². The lowest BCUT2D eigenvalue weighted by atomic mass is 10.3. The molecule has 4 N–H and O–H groups in total. The summed E-state index contributed by atoms with van der Waals surface area (Å²) in [6.45, 7) is 0. The van der Waals surface area contributed by atoms with E-state index >= 15 is 0 Å². The summed E-state index contributed by atoms with van der Waals surface area (Å²) < 4.78 is 23.8. The molecule has 17 heavy (non-hydrogen) atoms. The average Bonchev–Trinajstić information content (AvgIpc) is 2.20. The minimum atomic E-state index is -3.80. The van der Waals surface area contributed by atoms with E-state index in [0.717, 1.165) is 0 Å². The third kappa shape index (κ3) is 3.57. The molecular formula is C9H10Cl2N2O3S. The molecule has 1 aromatic carbocycles. The van der Waals surface area contributed by atoms with Crippen LogP contribution in [0.25, 0.3) is 0 Å². The summed E-state index contributed by atoms with van der Waals surface area (Å²) in [5, 5.41) is 0.242. The van der Waals surface area contributed by atoms with Crippen LogP contribution in [0.5, 0.6) is 0 Å². The lowest BCUT2D eigenvalue weighted by Gasteiger charge is -2.10. The molecule has 1 rings (SSSR count). The Morgan fingerprint density at radius 3 is 2.47 bits per heavy atom. The number of carbonyl (C=O) groups excluding carboxylic acids is 1. The van der Waals surface area contributed by atoms with Crippen molar-refractivity contribution in [3.63, 3.8) is 0 Å². The van der Waals surface area contributed by atoms with Crippen molar-refractivity contribution in [2.75, 3.05) is 5.75 Å². The van der Waals surface area contributed by atoms with E-state index in [-0.39, 0.29) is 14.9 Å². The topological polar surface area (TPSA) is 103 Å². The SMILES string of the molecule is NC(=O)C(N)CS(=O)(=O)c1cc(Cl)ccc1Cl. The molecule has 8 heteroatoms. The maximum absolute atomic E-state index is 11.9. The van der Waals surface area contributed by atoms with Crippen molar-refractivity contribution in [3.8, 4) is 0 Å². The zero-order valence-electron chi connectivity index (χ0n) is 8.56. The highest BCUT2D eigenvalue weighted by Gasteiger charge is 2.24. The maximum Gasteiger partial charge on any atom is 0.235 e. The van der Waals surface area contributed by atoms with Gasteiger partial charge in [0.15, 0.2) is 9.84 Å². The van der Waals surface area contributed by atoms with E-state index in [1.807, 2.05) is 0 Å². The molecule has 0 aliphatic heterocycles. The van der Waals surface area contributed by atoms with Gasteiger partial charge >= 0.3 is 0 Å². The van der Waals surface area contributed by atoms with Crippen LogP contribution in [-0.4, -0.2) is 26.1 Å². The number of carbonyl (C=O) groups is 1. The first-order valence-corrected chi connectivity index (χ1v) is 6.87. The van der Waals surface area contributed by atoms with Gasteiger partial charge in [-0.2, -0.15) is 0 Å². The minimum absolute atomic E-state index is 0.0195. The molecule has 94 valence electrons. The van der Waals surface area contributed by atoms with Gasteiger partial charge in [-0.1, -0.05) is 23.2 Å². The molecule has 0 heterocycles. The standard InChI is InChI=1S/C9H10Cl2N2O3S/c10-5-1-2-6(11)8(3-5)17(15,16)4-7(12)9(13)14/h1-3,7H,4,12H2,(H2,13,14). The second kappa shape index (κ2) is 5.22. The van der Waals surface area contributed by atoms with Crippen LogP contribution in [0.1, 0.15) is 0 Å². The third-order valence-corrected chi connectivity index (χ3v) is 4.48. The second-order valence-electron chi connectivity index (χ2n) is 3.37. The fourth-order valence-electron chi connectivity index (χ4n) is 1.12. The average molecular weight is 297 g/mol. The van der Waals surface area contributed by atoms with Gasteiger partial charge in [-0.05, 0) is 18.2 Å². The van der Waals surface area contributed by atoms with Crippen LogP contribution >= 0.6 is 23.2 Å². The van der Waals surface area contributed by atoms with Crippen LogP contribution in [0.3, 0.4) is 0 Å². The number of benzene rings is 1. The normalized spacial score (nSPS) is 13.4. The van der Waals surface area contributed by atoms with Gasteiger partial charge in [-0.25, -0.2) is 8.42 Å². The number of hydrogen-bond acceptors (Lipinski definition) is 4. The van der Waals surface area contributed by atoms with Crippen molar-refractivity contribution in [2.24, 2.45) is 11.5 Å². The van der Waals surface area contributed by atoms with Crippen LogP contribution in [-0.2, 0) is 14.6 Å². The molecule has 1 atom stereocenters. The molecule has 0 saturated heterocycles. The number of primary amides is 1. The summed E-state index contributed by atoms with van der Waals surface area (Å²) in [4.78, 5) is 10.6. The Hall–Kier alpha value is -0.820. The van der Waals surface area contributed by atoms with E-state index in [9.17, 15) is 13.2 Å². The van der Waals surface area contributed by atoms with Crippen molar-refractivity contribution in [1.82, 2.24) is 0 Å². The molecule has 1 unspecified atom stereocenters. The fraction of sp³-hybridized carbons (Fsp3) is 0.222. The molecule has 0 spiro atoms. The van der Waals surface area contributed by atoms with Gasteiger partial charge in [0.05, 0.1) is 21.7 Å². The zero-order chi connectivity index (χ0) is 13.2. The Balaban J connectivity index is 3.13. The lowest BCUT2D eigenvalue weighted by molar-refractivity contribution is -0.118. The molecule has 0 aromatic heterocycles. The summed E-state index contributed by atoms with van der Waals surface area (Å²) in [5.74, 6) is -1.51. The summed E-state index contributed by atoms with van der Waals surface area (Å²) in [6.07, 6.45) is 0. The highest BCUT2D eigenvalue weighted by Crippen LogP contribution is 2.26. The number of hydrogen-bond donors (Lipinski definition) is 2. The molecule has 1 amide bonds. The number of halogens is 2. The van der Waals surface area contributed by atoms with Gasteiger partial charge in [0.25, 0.3) is 0 Å². The molecule has 0 aliphatic carbocycles. The molecule has 0 fully saturated rings. The largest absolute Gasteiger partial charge is 0.368 e. The number of rotatable bonds is 4. The van der Waals surface area contributed by atoms with Gasteiger partial charge < -0.3 is 11.5 Å². The van der Waals surface area contributed by atoms with Crippen molar-refractivity contribution in [2.45, 2.75) is 10.9 Å². The van der Waals surface area contributed by atoms with Gasteiger partial charge in [0.1, 0.15) is 0 Å². The van der Waals surface area contributed by atoms with Gasteiger partial charge in [0, 0.05) is 5.02 Å². The van der Waals surface area contributed by atoms with Gasteiger partial charge in [-0.15, -0.1) is 0 Å². The van der Waals surface area contributed by atoms with E-state index in [4.69, 9.17) is 34.7 Å². The Labute approximate surface area is 109 Å². The minimum Gasteiger partial charge on any atom is -0.368 e. The van der Waals surface area contributed by atoms with Gasteiger partial charge in [-0.3, -0.25) is 4.79 Å². The van der Waals surface area contributed by atoms with Crippen LogP contribution in [0.2, 0.25) is 10.0 Å². The summed E-state index contributed by atoms with van der Waals surface area (Å²) in [5.41, 5.74) is 10.2.